The molecule has 21 heavy (non-hydrogen) atoms. The lowest BCUT2D eigenvalue weighted by atomic mass is 9.86. The predicted molar refractivity (Wildman–Crippen MR) is 84.6 cm³/mol. The van der Waals surface area contributed by atoms with Crippen molar-refractivity contribution in [2.45, 2.75) is 45.8 Å². The Kier molecular flexibility index (Phi) is 3.26. The van der Waals surface area contributed by atoms with Gasteiger partial charge in [-0.05, 0) is 52.3 Å². The Hall–Kier alpha value is -1.52. The highest BCUT2D eigenvalue weighted by Crippen LogP contribution is 2.36. The van der Waals surface area contributed by atoms with Gasteiger partial charge < -0.3 is 13.7 Å². The van der Waals surface area contributed by atoms with E-state index < -0.39 is 7.12 Å². The van der Waals surface area contributed by atoms with Crippen LogP contribution in [0.4, 0.5) is 0 Å². The van der Waals surface area contributed by atoms with Gasteiger partial charge in [-0.1, -0.05) is 24.3 Å². The molecule has 0 bridgehead atoms. The maximum absolute atomic E-state index is 6.01. The molecule has 0 spiro atoms. The van der Waals surface area contributed by atoms with E-state index in [1.54, 1.807) is 0 Å². The Labute approximate surface area is 126 Å². The van der Waals surface area contributed by atoms with Crippen molar-refractivity contribution in [1.29, 1.82) is 0 Å². The van der Waals surface area contributed by atoms with Gasteiger partial charge in [0.25, 0.3) is 0 Å². The van der Waals surface area contributed by atoms with Gasteiger partial charge >= 0.3 is 7.12 Å². The number of benzene rings is 1. The molecular weight excluding hydrogens is 263 g/mol. The smallest absolute Gasteiger partial charge is 0.465 e. The zero-order valence-corrected chi connectivity index (χ0v) is 13.3. The van der Waals surface area contributed by atoms with Gasteiger partial charge in [0, 0.05) is 5.56 Å². The second kappa shape index (κ2) is 4.75. The summed E-state index contributed by atoms with van der Waals surface area (Å²) < 4.78 is 18.0. The third kappa shape index (κ3) is 2.43. The van der Waals surface area contributed by atoms with Crippen molar-refractivity contribution < 1.29 is 13.7 Å². The van der Waals surface area contributed by atoms with Gasteiger partial charge in [0.15, 0.2) is 0 Å². The van der Waals surface area contributed by atoms with Crippen LogP contribution in [0.3, 0.4) is 0 Å². The van der Waals surface area contributed by atoms with Crippen LogP contribution in [0.15, 0.2) is 40.8 Å². The van der Waals surface area contributed by atoms with Crippen LogP contribution in [0.2, 0.25) is 0 Å². The average Bonchev–Trinajstić information content (AvgIpc) is 2.94. The van der Waals surface area contributed by atoms with Crippen LogP contribution < -0.4 is 5.66 Å². The summed E-state index contributed by atoms with van der Waals surface area (Å²) in [6, 6.07) is 12.1. The van der Waals surface area contributed by atoms with Gasteiger partial charge in [-0.2, -0.15) is 0 Å². The molecule has 0 unspecified atom stereocenters. The van der Waals surface area contributed by atoms with Crippen molar-refractivity contribution in [2.75, 3.05) is 0 Å². The van der Waals surface area contributed by atoms with E-state index in [-0.39, 0.29) is 11.2 Å². The van der Waals surface area contributed by atoms with Gasteiger partial charge in [-0.25, -0.2) is 0 Å². The highest BCUT2D eigenvalue weighted by atomic mass is 16.7. The van der Waals surface area contributed by atoms with Gasteiger partial charge in [0.1, 0.15) is 11.4 Å². The number of aryl methyl sites for hydroxylation is 1. The minimum Gasteiger partial charge on any atom is -0.465 e. The molecule has 4 heteroatoms. The molecule has 3 nitrogen and oxygen atoms in total. The highest BCUT2D eigenvalue weighted by molar-refractivity contribution is 6.60. The fourth-order valence-corrected chi connectivity index (χ4v) is 2.43. The third-order valence-electron chi connectivity index (χ3n) is 4.52. The van der Waals surface area contributed by atoms with Crippen LogP contribution in [-0.4, -0.2) is 18.3 Å². The fourth-order valence-electron chi connectivity index (χ4n) is 2.43. The van der Waals surface area contributed by atoms with Crippen molar-refractivity contribution >= 4 is 12.8 Å². The Balaban J connectivity index is 1.89. The molecule has 1 saturated heterocycles. The molecule has 3 rings (SSSR count). The van der Waals surface area contributed by atoms with E-state index in [0.717, 1.165) is 11.3 Å². The molecule has 0 atom stereocenters. The minimum absolute atomic E-state index is 0.354. The molecular formula is C17H21BO3. The van der Waals surface area contributed by atoms with Gasteiger partial charge in [0.05, 0.1) is 11.2 Å². The Morgan fingerprint density at radius 2 is 1.48 bits per heavy atom. The first-order valence-corrected chi connectivity index (χ1v) is 7.31. The van der Waals surface area contributed by atoms with Crippen molar-refractivity contribution in [3.05, 3.63) is 42.0 Å². The molecule has 0 N–H and O–H groups in total. The number of hydrogen-bond donors (Lipinski definition) is 0. The monoisotopic (exact) mass is 284 g/mol. The van der Waals surface area contributed by atoms with E-state index in [2.05, 4.69) is 19.1 Å². The van der Waals surface area contributed by atoms with Crippen LogP contribution in [0.25, 0.3) is 11.3 Å². The first kappa shape index (κ1) is 14.4. The lowest BCUT2D eigenvalue weighted by molar-refractivity contribution is 0.00578. The van der Waals surface area contributed by atoms with E-state index in [1.807, 2.05) is 52.0 Å². The highest BCUT2D eigenvalue weighted by Gasteiger charge is 2.53. The summed E-state index contributed by atoms with van der Waals surface area (Å²) in [7, 11) is -0.451. The Morgan fingerprint density at radius 3 is 2.10 bits per heavy atom. The molecule has 0 saturated carbocycles. The third-order valence-corrected chi connectivity index (χ3v) is 4.52. The first-order valence-electron chi connectivity index (χ1n) is 7.31. The average molecular weight is 284 g/mol. The van der Waals surface area contributed by atoms with Crippen molar-refractivity contribution in [3.8, 4) is 11.3 Å². The fraction of sp³-hybridized carbons (Fsp3) is 0.412. The number of furan rings is 1. The molecule has 110 valence electrons. The first-order chi connectivity index (χ1) is 9.80. The zero-order valence-electron chi connectivity index (χ0n) is 13.3. The summed E-state index contributed by atoms with van der Waals surface area (Å²) in [5.41, 5.74) is 2.29. The number of rotatable bonds is 2. The van der Waals surface area contributed by atoms with Gasteiger partial charge in [0.2, 0.25) is 0 Å². The largest absolute Gasteiger partial charge is 0.532 e. The van der Waals surface area contributed by atoms with E-state index in [9.17, 15) is 0 Å². The van der Waals surface area contributed by atoms with Crippen LogP contribution >= 0.6 is 0 Å². The second-order valence-electron chi connectivity index (χ2n) is 6.61. The molecule has 0 radical (unpaired) electrons. The van der Waals surface area contributed by atoms with E-state index >= 15 is 0 Å². The molecule has 1 aliphatic rings. The molecule has 1 aliphatic heterocycles. The summed E-state index contributed by atoms with van der Waals surface area (Å²) in [4.78, 5) is 0. The summed E-state index contributed by atoms with van der Waals surface area (Å²) in [5, 5.41) is 0. The number of hydrogen-bond acceptors (Lipinski definition) is 3. The van der Waals surface area contributed by atoms with Gasteiger partial charge in [-0.3, -0.25) is 0 Å². The lowest BCUT2D eigenvalue weighted by Gasteiger charge is -2.32. The molecule has 1 aromatic heterocycles. The minimum atomic E-state index is -0.451. The van der Waals surface area contributed by atoms with E-state index in [0.29, 0.717) is 5.66 Å². The standard InChI is InChI=1S/C17H21BO3/c1-12-8-6-7-9-13(12)14-10-11-15(19-14)18-20-16(2,3)17(4,5)21-18/h6-11H,1-5H3. The maximum atomic E-state index is 6.01. The Bertz CT molecular complexity index is 642. The van der Waals surface area contributed by atoms with E-state index in [1.165, 1.54) is 5.56 Å². The van der Waals surface area contributed by atoms with Gasteiger partial charge in [-0.15, -0.1) is 0 Å². The summed E-state index contributed by atoms with van der Waals surface area (Å²) in [6.45, 7) is 10.2. The summed E-state index contributed by atoms with van der Waals surface area (Å²) in [5.74, 6) is 0.845. The quantitative estimate of drug-likeness (QED) is 0.790. The van der Waals surface area contributed by atoms with Crippen molar-refractivity contribution in [2.24, 2.45) is 0 Å². The normalized spacial score (nSPS) is 20.0. The summed E-state index contributed by atoms with van der Waals surface area (Å²) in [6.07, 6.45) is 0. The molecule has 0 amide bonds. The molecule has 1 fully saturated rings. The topological polar surface area (TPSA) is 31.6 Å². The van der Waals surface area contributed by atoms with E-state index in [4.69, 9.17) is 13.7 Å². The van der Waals surface area contributed by atoms with Crippen LogP contribution in [0, 0.1) is 6.92 Å². The second-order valence-corrected chi connectivity index (χ2v) is 6.61. The molecule has 0 aliphatic carbocycles. The SMILES string of the molecule is Cc1ccccc1-c1ccc(B2OC(C)(C)C(C)(C)O2)o1. The predicted octanol–water partition coefficient (Wildman–Crippen LogP) is 3.55. The Morgan fingerprint density at radius 1 is 0.857 bits per heavy atom. The molecule has 1 aromatic carbocycles. The maximum Gasteiger partial charge on any atom is 0.532 e. The van der Waals surface area contributed by atoms with Crippen LogP contribution in [-0.2, 0) is 9.31 Å². The summed E-state index contributed by atoms with van der Waals surface area (Å²) >= 11 is 0. The zero-order chi connectivity index (χ0) is 15.3. The van der Waals surface area contributed by atoms with Crippen LogP contribution in [0.1, 0.15) is 33.3 Å². The van der Waals surface area contributed by atoms with Crippen LogP contribution in [0.5, 0.6) is 0 Å². The molecule has 2 heterocycles. The molecule has 2 aromatic rings. The van der Waals surface area contributed by atoms with Crippen molar-refractivity contribution in [3.63, 3.8) is 0 Å². The lowest BCUT2D eigenvalue weighted by Crippen LogP contribution is -2.41. The van der Waals surface area contributed by atoms with Crippen molar-refractivity contribution in [1.82, 2.24) is 0 Å².